The van der Waals surface area contributed by atoms with Crippen molar-refractivity contribution in [3.8, 4) is 0 Å². The van der Waals surface area contributed by atoms with Crippen LogP contribution in [0.5, 0.6) is 0 Å². The van der Waals surface area contributed by atoms with Gasteiger partial charge in [-0.2, -0.15) is 0 Å². The number of nitrogens with zero attached hydrogens (tertiary/aromatic N) is 2. The number of ether oxygens (including phenoxy) is 2. The summed E-state index contributed by atoms with van der Waals surface area (Å²) in [7, 11) is 0. The summed E-state index contributed by atoms with van der Waals surface area (Å²) in [5.41, 5.74) is 0.912. The summed E-state index contributed by atoms with van der Waals surface area (Å²) in [6, 6.07) is 8.81. The van der Waals surface area contributed by atoms with Crippen molar-refractivity contribution in [1.82, 2.24) is 9.80 Å². The summed E-state index contributed by atoms with van der Waals surface area (Å²) in [6.07, 6.45) is 0.515. The average Bonchev–Trinajstić information content (AvgIpc) is 2.67. The van der Waals surface area contributed by atoms with Crippen LogP contribution in [0.2, 0.25) is 0 Å². The highest BCUT2D eigenvalue weighted by Crippen LogP contribution is 2.15. The van der Waals surface area contributed by atoms with Crippen molar-refractivity contribution < 1.29 is 23.9 Å². The van der Waals surface area contributed by atoms with E-state index in [1.807, 2.05) is 35.2 Å². The highest BCUT2D eigenvalue weighted by atomic mass is 16.5. The lowest BCUT2D eigenvalue weighted by Crippen LogP contribution is -2.59. The molecular weight excluding hydrogens is 348 g/mol. The fourth-order valence-electron chi connectivity index (χ4n) is 3.14. The number of carbonyl (C=O) groups excluding carboxylic acids is 3. The van der Waals surface area contributed by atoms with Gasteiger partial charge in [-0.15, -0.1) is 0 Å². The zero-order valence-electron chi connectivity index (χ0n) is 16.1. The first-order valence-electron chi connectivity index (χ1n) is 9.43. The third-order valence-electron chi connectivity index (χ3n) is 4.48. The second kappa shape index (κ2) is 10.7. The SMILES string of the molecule is CCOC(=O)CCN1CCN(C(=O)Cc2ccccc2)C(C(=O)OCC)C1. The second-order valence-electron chi connectivity index (χ2n) is 6.37. The Kier molecular flexibility index (Phi) is 8.26. The molecule has 0 N–H and O–H groups in total. The van der Waals surface area contributed by atoms with E-state index < -0.39 is 12.0 Å². The molecule has 1 fully saturated rings. The monoisotopic (exact) mass is 376 g/mol. The number of hydrogen-bond donors (Lipinski definition) is 0. The summed E-state index contributed by atoms with van der Waals surface area (Å²) in [5, 5.41) is 0. The summed E-state index contributed by atoms with van der Waals surface area (Å²) in [4.78, 5) is 40.4. The molecule has 27 heavy (non-hydrogen) atoms. The van der Waals surface area contributed by atoms with Crippen molar-refractivity contribution in [3.05, 3.63) is 35.9 Å². The summed E-state index contributed by atoms with van der Waals surface area (Å²) < 4.78 is 10.1. The number of benzene rings is 1. The molecule has 2 rings (SSSR count). The Hall–Kier alpha value is -2.41. The van der Waals surface area contributed by atoms with Crippen LogP contribution in [0.1, 0.15) is 25.8 Å². The van der Waals surface area contributed by atoms with Crippen LogP contribution in [0, 0.1) is 0 Å². The molecule has 1 aliphatic rings. The van der Waals surface area contributed by atoms with Gasteiger partial charge < -0.3 is 14.4 Å². The maximum atomic E-state index is 12.8. The van der Waals surface area contributed by atoms with E-state index in [2.05, 4.69) is 0 Å². The fraction of sp³-hybridized carbons (Fsp3) is 0.550. The normalized spacial score (nSPS) is 17.4. The van der Waals surface area contributed by atoms with Crippen LogP contribution in [0.4, 0.5) is 0 Å². The van der Waals surface area contributed by atoms with Crippen LogP contribution in [0.3, 0.4) is 0 Å². The van der Waals surface area contributed by atoms with Gasteiger partial charge in [-0.3, -0.25) is 14.5 Å². The Morgan fingerprint density at radius 2 is 1.74 bits per heavy atom. The Balaban J connectivity index is 2.00. The number of amides is 1. The number of esters is 2. The molecule has 1 unspecified atom stereocenters. The highest BCUT2D eigenvalue weighted by Gasteiger charge is 2.36. The molecule has 1 saturated heterocycles. The van der Waals surface area contributed by atoms with Gasteiger partial charge in [0, 0.05) is 26.2 Å². The molecule has 0 spiro atoms. The van der Waals surface area contributed by atoms with E-state index in [0.29, 0.717) is 32.8 Å². The van der Waals surface area contributed by atoms with Gasteiger partial charge in [-0.1, -0.05) is 30.3 Å². The molecule has 0 saturated carbocycles. The van der Waals surface area contributed by atoms with Crippen molar-refractivity contribution in [3.63, 3.8) is 0 Å². The number of piperazine rings is 1. The van der Waals surface area contributed by atoms with Gasteiger partial charge in [0.15, 0.2) is 0 Å². The molecule has 7 heteroatoms. The maximum absolute atomic E-state index is 12.8. The maximum Gasteiger partial charge on any atom is 0.330 e. The first-order chi connectivity index (χ1) is 13.0. The fourth-order valence-corrected chi connectivity index (χ4v) is 3.14. The molecule has 1 amide bonds. The molecule has 1 aromatic rings. The molecule has 1 aliphatic heterocycles. The Morgan fingerprint density at radius 3 is 2.41 bits per heavy atom. The van der Waals surface area contributed by atoms with Crippen LogP contribution in [-0.4, -0.2) is 73.1 Å². The Labute approximate surface area is 160 Å². The smallest absolute Gasteiger partial charge is 0.330 e. The van der Waals surface area contributed by atoms with E-state index in [0.717, 1.165) is 5.56 Å². The number of carbonyl (C=O) groups is 3. The van der Waals surface area contributed by atoms with Gasteiger partial charge in [-0.25, -0.2) is 4.79 Å². The van der Waals surface area contributed by atoms with Crippen molar-refractivity contribution in [2.24, 2.45) is 0 Å². The molecule has 1 aromatic carbocycles. The molecule has 7 nitrogen and oxygen atoms in total. The van der Waals surface area contributed by atoms with Crippen LogP contribution < -0.4 is 0 Å². The molecule has 1 heterocycles. The standard InChI is InChI=1S/C20H28N2O5/c1-3-26-19(24)10-11-21-12-13-22(17(15-21)20(25)27-4-2)18(23)14-16-8-6-5-7-9-16/h5-9,17H,3-4,10-15H2,1-2H3. The molecule has 148 valence electrons. The van der Waals surface area contributed by atoms with Crippen LogP contribution in [0.25, 0.3) is 0 Å². The van der Waals surface area contributed by atoms with Crippen molar-refractivity contribution in [2.45, 2.75) is 32.7 Å². The zero-order chi connectivity index (χ0) is 19.6. The summed E-state index contributed by atoms with van der Waals surface area (Å²) in [6.45, 7) is 6.02. The van der Waals surface area contributed by atoms with E-state index in [-0.39, 0.29) is 31.3 Å². The number of rotatable bonds is 8. The lowest BCUT2D eigenvalue weighted by Gasteiger charge is -2.40. The predicted octanol–water partition coefficient (Wildman–Crippen LogP) is 1.26. The van der Waals surface area contributed by atoms with Gasteiger partial charge in [-0.05, 0) is 19.4 Å². The topological polar surface area (TPSA) is 76.2 Å². The molecule has 0 aliphatic carbocycles. The number of hydrogen-bond acceptors (Lipinski definition) is 6. The second-order valence-corrected chi connectivity index (χ2v) is 6.37. The van der Waals surface area contributed by atoms with Gasteiger partial charge in [0.05, 0.1) is 26.1 Å². The average molecular weight is 376 g/mol. The van der Waals surface area contributed by atoms with E-state index >= 15 is 0 Å². The molecule has 0 aromatic heterocycles. The Bertz CT molecular complexity index is 635. The van der Waals surface area contributed by atoms with Crippen LogP contribution >= 0.6 is 0 Å². The molecular formula is C20H28N2O5. The largest absolute Gasteiger partial charge is 0.466 e. The van der Waals surface area contributed by atoms with Crippen molar-refractivity contribution >= 4 is 17.8 Å². The zero-order valence-corrected chi connectivity index (χ0v) is 16.1. The predicted molar refractivity (Wildman–Crippen MR) is 100.0 cm³/mol. The van der Waals surface area contributed by atoms with E-state index in [1.54, 1.807) is 18.7 Å². The van der Waals surface area contributed by atoms with E-state index in [4.69, 9.17) is 9.47 Å². The summed E-state index contributed by atoms with van der Waals surface area (Å²) in [5.74, 6) is -0.753. The van der Waals surface area contributed by atoms with Gasteiger partial charge in [0.2, 0.25) is 5.91 Å². The first-order valence-corrected chi connectivity index (χ1v) is 9.43. The third kappa shape index (κ3) is 6.36. The minimum atomic E-state index is -0.655. The molecule has 1 atom stereocenters. The van der Waals surface area contributed by atoms with E-state index in [1.165, 1.54) is 0 Å². The highest BCUT2D eigenvalue weighted by molar-refractivity contribution is 5.86. The Morgan fingerprint density at radius 1 is 1.04 bits per heavy atom. The minimum absolute atomic E-state index is 0.0932. The van der Waals surface area contributed by atoms with Gasteiger partial charge in [0.25, 0.3) is 0 Å². The first kappa shape index (κ1) is 20.9. The third-order valence-corrected chi connectivity index (χ3v) is 4.48. The minimum Gasteiger partial charge on any atom is -0.466 e. The summed E-state index contributed by atoms with van der Waals surface area (Å²) >= 11 is 0. The van der Waals surface area contributed by atoms with E-state index in [9.17, 15) is 14.4 Å². The van der Waals surface area contributed by atoms with Crippen LogP contribution in [-0.2, 0) is 30.3 Å². The van der Waals surface area contributed by atoms with Crippen molar-refractivity contribution in [2.75, 3.05) is 39.4 Å². The van der Waals surface area contributed by atoms with Gasteiger partial charge in [0.1, 0.15) is 6.04 Å². The quantitative estimate of drug-likeness (QED) is 0.636. The van der Waals surface area contributed by atoms with Gasteiger partial charge >= 0.3 is 11.9 Å². The lowest BCUT2D eigenvalue weighted by molar-refractivity contribution is -0.158. The molecule has 0 radical (unpaired) electrons. The lowest BCUT2D eigenvalue weighted by atomic mass is 10.1. The van der Waals surface area contributed by atoms with Crippen molar-refractivity contribution in [1.29, 1.82) is 0 Å². The molecule has 0 bridgehead atoms. The van der Waals surface area contributed by atoms with Crippen LogP contribution in [0.15, 0.2) is 30.3 Å².